The molecule has 2 nitrogen and oxygen atoms in total. The van der Waals surface area contributed by atoms with Crippen molar-refractivity contribution in [3.63, 3.8) is 0 Å². The van der Waals surface area contributed by atoms with Crippen LogP contribution in [0.25, 0.3) is 0 Å². The molecule has 0 aliphatic heterocycles. The molecule has 0 unspecified atom stereocenters. The van der Waals surface area contributed by atoms with Crippen molar-refractivity contribution in [2.75, 3.05) is 5.75 Å². The van der Waals surface area contributed by atoms with Crippen LogP contribution in [0.4, 0.5) is 0 Å². The van der Waals surface area contributed by atoms with E-state index in [4.69, 9.17) is 20.9 Å². The van der Waals surface area contributed by atoms with Gasteiger partial charge in [-0.2, -0.15) is 0 Å². The van der Waals surface area contributed by atoms with Gasteiger partial charge >= 0.3 is 5.69 Å². The van der Waals surface area contributed by atoms with Gasteiger partial charge in [-0.05, 0) is 83.4 Å². The van der Waals surface area contributed by atoms with E-state index in [9.17, 15) is 0 Å². The van der Waals surface area contributed by atoms with Crippen molar-refractivity contribution < 1.29 is 9.05 Å². The van der Waals surface area contributed by atoms with E-state index in [0.717, 1.165) is 49.4 Å². The highest BCUT2D eigenvalue weighted by Gasteiger charge is 2.24. The largest absolute Gasteiger partial charge is 0.428 e. The lowest BCUT2D eigenvalue weighted by Gasteiger charge is -2.23. The van der Waals surface area contributed by atoms with Gasteiger partial charge in [0, 0.05) is 5.75 Å². The summed E-state index contributed by atoms with van der Waals surface area (Å²) in [4.78, 5) is 0. The van der Waals surface area contributed by atoms with Gasteiger partial charge in [0.25, 0.3) is 0 Å². The molecule has 0 heterocycles. The molecule has 3 rings (SSSR count). The second-order valence-electron chi connectivity index (χ2n) is 7.49. The fourth-order valence-electron chi connectivity index (χ4n) is 3.34. The molecule has 0 fully saturated rings. The molecule has 164 valence electrons. The molecular weight excluding hydrogens is 439 g/mol. The van der Waals surface area contributed by atoms with Gasteiger partial charge < -0.3 is 9.05 Å². The van der Waals surface area contributed by atoms with Crippen LogP contribution >= 0.6 is 17.1 Å². The Kier molecular flexibility index (Phi) is 9.52. The van der Waals surface area contributed by atoms with E-state index in [2.05, 4.69) is 62.4 Å². The van der Waals surface area contributed by atoms with Gasteiger partial charge in [-0.3, -0.25) is 0 Å². The van der Waals surface area contributed by atoms with E-state index in [1.54, 1.807) is 11.4 Å². The lowest BCUT2D eigenvalue weighted by atomic mass is 10.1. The Morgan fingerprint density at radius 3 is 1.71 bits per heavy atom. The van der Waals surface area contributed by atoms with Crippen LogP contribution in [0.15, 0.2) is 78.9 Å². The maximum atomic E-state index is 6.40. The van der Waals surface area contributed by atoms with Crippen molar-refractivity contribution in [2.45, 2.75) is 46.0 Å². The van der Waals surface area contributed by atoms with Crippen LogP contribution in [0, 0.1) is 0 Å². The van der Waals surface area contributed by atoms with Crippen LogP contribution < -0.4 is 9.05 Å². The molecule has 0 saturated carbocycles. The molecular formula is C26H31O2PS2. The number of benzene rings is 3. The third-order valence-corrected chi connectivity index (χ3v) is 9.70. The maximum absolute atomic E-state index is 6.40. The zero-order valence-electron chi connectivity index (χ0n) is 18.3. The average molecular weight is 471 g/mol. The summed E-state index contributed by atoms with van der Waals surface area (Å²) in [5, 5.41) is 0. The van der Waals surface area contributed by atoms with Gasteiger partial charge in [0.1, 0.15) is 11.5 Å². The third kappa shape index (κ3) is 8.03. The van der Waals surface area contributed by atoms with E-state index >= 15 is 0 Å². The predicted octanol–water partition coefficient (Wildman–Crippen LogP) is 8.25. The van der Waals surface area contributed by atoms with E-state index in [1.807, 2.05) is 30.3 Å². The fraction of sp³-hybridized carbons (Fsp3) is 0.308. The highest BCUT2D eigenvalue weighted by molar-refractivity contribution is 8.68. The van der Waals surface area contributed by atoms with Crippen molar-refractivity contribution in [1.29, 1.82) is 0 Å². The summed E-state index contributed by atoms with van der Waals surface area (Å²) >= 11 is 7.65. The minimum absolute atomic E-state index is 0.797. The second-order valence-corrected chi connectivity index (χ2v) is 13.8. The first kappa shape index (κ1) is 23.9. The summed E-state index contributed by atoms with van der Waals surface area (Å²) in [5.41, 5.74) is 1.20. The summed E-state index contributed by atoms with van der Waals surface area (Å²) in [5.74, 6) is 2.45. The van der Waals surface area contributed by atoms with E-state index in [0.29, 0.717) is 0 Å². The molecule has 0 atom stereocenters. The minimum Gasteiger partial charge on any atom is -0.428 e. The Morgan fingerprint density at radius 1 is 0.677 bits per heavy atom. The zero-order valence-corrected chi connectivity index (χ0v) is 20.9. The van der Waals surface area contributed by atoms with Crippen molar-refractivity contribution in [3.05, 3.63) is 95.6 Å². The Bertz CT molecular complexity index is 936. The Morgan fingerprint density at radius 2 is 1.19 bits per heavy atom. The average Bonchev–Trinajstić information content (AvgIpc) is 2.75. The molecule has 5 heteroatoms. The summed E-state index contributed by atoms with van der Waals surface area (Å²) in [6.45, 7) is 4.37. The standard InChI is InChI=1S/C26H31O2PS2/c1-3-10-23-14-8-16-25(20-23)27-29(30,31-19-18-22-12-6-5-7-13-22)28-26-17-9-15-24(21-26)11-4-2/h5-9,12-17,20-21H,3-4,10-11,18-19H2,1-2H3. The van der Waals surface area contributed by atoms with Gasteiger partial charge in [0.2, 0.25) is 0 Å². The van der Waals surface area contributed by atoms with E-state index in [1.165, 1.54) is 16.7 Å². The first-order valence-electron chi connectivity index (χ1n) is 11.0. The third-order valence-electron chi connectivity index (χ3n) is 4.79. The Labute approximate surface area is 196 Å². The zero-order chi connectivity index (χ0) is 21.9. The first-order valence-corrected chi connectivity index (χ1v) is 15.2. The SMILES string of the molecule is CCCc1cccc(OP(=S)(Oc2cccc(CCC)c2)SCCc2ccccc2)c1. The Hall–Kier alpha value is -1.74. The molecule has 0 aliphatic carbocycles. The van der Waals surface area contributed by atoms with Crippen LogP contribution in [-0.2, 0) is 31.1 Å². The topological polar surface area (TPSA) is 18.5 Å². The fourth-order valence-corrected chi connectivity index (χ4v) is 7.74. The highest BCUT2D eigenvalue weighted by atomic mass is 32.9. The van der Waals surface area contributed by atoms with Crippen molar-refractivity contribution in [2.24, 2.45) is 0 Å². The van der Waals surface area contributed by atoms with Gasteiger partial charge in [-0.1, -0.05) is 81.3 Å². The van der Waals surface area contributed by atoms with E-state index < -0.39 is 5.69 Å². The first-order chi connectivity index (χ1) is 15.1. The quantitative estimate of drug-likeness (QED) is 0.248. The van der Waals surface area contributed by atoms with Crippen molar-refractivity contribution >= 4 is 28.9 Å². The molecule has 3 aromatic rings. The van der Waals surface area contributed by atoms with Crippen LogP contribution in [-0.4, -0.2) is 5.75 Å². The predicted molar refractivity (Wildman–Crippen MR) is 139 cm³/mol. The molecule has 0 amide bonds. The number of aryl methyl sites for hydroxylation is 3. The van der Waals surface area contributed by atoms with Gasteiger partial charge in [-0.25, -0.2) is 0 Å². The number of rotatable bonds is 12. The monoisotopic (exact) mass is 470 g/mol. The smallest absolute Gasteiger partial charge is 0.348 e. The minimum atomic E-state index is -2.63. The molecule has 0 radical (unpaired) electrons. The summed E-state index contributed by atoms with van der Waals surface area (Å²) < 4.78 is 12.8. The van der Waals surface area contributed by atoms with Gasteiger partial charge in [0.05, 0.1) is 0 Å². The number of hydrogen-bond donors (Lipinski definition) is 0. The van der Waals surface area contributed by atoms with Crippen LogP contribution in [0.3, 0.4) is 0 Å². The van der Waals surface area contributed by atoms with Crippen LogP contribution in [0.2, 0.25) is 0 Å². The summed E-state index contributed by atoms with van der Waals surface area (Å²) in [6.07, 6.45) is 5.19. The van der Waals surface area contributed by atoms with Crippen molar-refractivity contribution in [3.8, 4) is 11.5 Å². The van der Waals surface area contributed by atoms with E-state index in [-0.39, 0.29) is 0 Å². The Balaban J connectivity index is 1.77. The van der Waals surface area contributed by atoms with Gasteiger partial charge in [0.15, 0.2) is 0 Å². The second kappa shape index (κ2) is 12.3. The lowest BCUT2D eigenvalue weighted by molar-refractivity contribution is 0.505. The van der Waals surface area contributed by atoms with Crippen LogP contribution in [0.5, 0.6) is 11.5 Å². The molecule has 31 heavy (non-hydrogen) atoms. The lowest BCUT2D eigenvalue weighted by Crippen LogP contribution is -2.01. The maximum Gasteiger partial charge on any atom is 0.348 e. The molecule has 0 saturated heterocycles. The molecule has 3 aromatic carbocycles. The summed E-state index contributed by atoms with van der Waals surface area (Å²) in [6, 6.07) is 27.0. The normalized spacial score (nSPS) is 11.3. The number of hydrogen-bond acceptors (Lipinski definition) is 4. The summed E-state index contributed by atoms with van der Waals surface area (Å²) in [7, 11) is 0. The van der Waals surface area contributed by atoms with Gasteiger partial charge in [-0.15, -0.1) is 0 Å². The van der Waals surface area contributed by atoms with Crippen molar-refractivity contribution in [1.82, 2.24) is 0 Å². The van der Waals surface area contributed by atoms with Crippen LogP contribution in [0.1, 0.15) is 43.4 Å². The molecule has 0 aromatic heterocycles. The molecule has 0 bridgehead atoms. The molecule has 0 spiro atoms. The highest BCUT2D eigenvalue weighted by Crippen LogP contribution is 2.60. The molecule has 0 aliphatic rings. The molecule has 0 N–H and O–H groups in total.